The van der Waals surface area contributed by atoms with Crippen LogP contribution in [-0.2, 0) is 38.1 Å². The van der Waals surface area contributed by atoms with Crippen LogP contribution in [0.2, 0.25) is 0 Å². The molecule has 1 spiro atoms. The zero-order valence-corrected chi connectivity index (χ0v) is 19.4. The van der Waals surface area contributed by atoms with Gasteiger partial charge >= 0.3 is 17.9 Å². The van der Waals surface area contributed by atoms with Gasteiger partial charge in [0, 0.05) is 25.2 Å². The standard InChI is InChI=1S/C24H34O8/c1-13-8-19(30-15(3)26)24(12-28-14(2)25)17(6-5-7-23(24)11-29-23)22(13,4)18-9-16-10-20(27)32-21(16)31-18/h13,16-19,21H,5-12H2,1-4H3/t13-,16+,17-,18?,19+,21-,22+,23+,24+/m1/s1. The van der Waals surface area contributed by atoms with Crippen LogP contribution in [0.3, 0.4) is 0 Å². The number of carbonyl (C=O) groups is 3. The van der Waals surface area contributed by atoms with Gasteiger partial charge in [-0.25, -0.2) is 0 Å². The Morgan fingerprint density at radius 3 is 2.56 bits per heavy atom. The molecule has 5 fully saturated rings. The first-order valence-corrected chi connectivity index (χ1v) is 11.9. The predicted octanol–water partition coefficient (Wildman–Crippen LogP) is 2.76. The van der Waals surface area contributed by atoms with E-state index in [2.05, 4.69) is 13.8 Å². The van der Waals surface area contributed by atoms with Crippen LogP contribution in [0, 0.1) is 28.6 Å². The predicted molar refractivity (Wildman–Crippen MR) is 110 cm³/mol. The van der Waals surface area contributed by atoms with Crippen molar-refractivity contribution in [1.29, 1.82) is 0 Å². The van der Waals surface area contributed by atoms with Gasteiger partial charge in [0.2, 0.25) is 6.29 Å². The van der Waals surface area contributed by atoms with Crippen LogP contribution in [0.1, 0.15) is 66.2 Å². The normalized spacial score (nSPS) is 49.2. The summed E-state index contributed by atoms with van der Waals surface area (Å²) in [7, 11) is 0. The molecule has 1 unspecified atom stereocenters. The van der Waals surface area contributed by atoms with Crippen molar-refractivity contribution in [3.05, 3.63) is 0 Å². The molecule has 5 aliphatic rings. The Bertz CT molecular complexity index is 805. The molecule has 3 heterocycles. The molecule has 8 heteroatoms. The van der Waals surface area contributed by atoms with E-state index in [1.165, 1.54) is 13.8 Å². The summed E-state index contributed by atoms with van der Waals surface area (Å²) in [6.07, 6.45) is 3.64. The summed E-state index contributed by atoms with van der Waals surface area (Å²) in [6.45, 7) is 8.07. The number of carbonyl (C=O) groups excluding carboxylic acids is 3. The van der Waals surface area contributed by atoms with Crippen molar-refractivity contribution in [2.24, 2.45) is 28.6 Å². The molecule has 0 amide bonds. The summed E-state index contributed by atoms with van der Waals surface area (Å²) in [4.78, 5) is 35.8. The number of ether oxygens (including phenoxy) is 5. The number of fused-ring (bicyclic) bond motifs is 3. The van der Waals surface area contributed by atoms with Crippen LogP contribution in [0.5, 0.6) is 0 Å². The summed E-state index contributed by atoms with van der Waals surface area (Å²) in [5, 5.41) is 0. The van der Waals surface area contributed by atoms with Crippen molar-refractivity contribution in [3.63, 3.8) is 0 Å². The highest BCUT2D eigenvalue weighted by atomic mass is 16.7. The maximum atomic E-state index is 12.1. The van der Waals surface area contributed by atoms with Gasteiger partial charge in [-0.15, -0.1) is 0 Å². The van der Waals surface area contributed by atoms with E-state index in [-0.39, 0.29) is 53.8 Å². The van der Waals surface area contributed by atoms with Crippen molar-refractivity contribution in [2.45, 2.75) is 90.3 Å². The Labute approximate surface area is 188 Å². The van der Waals surface area contributed by atoms with E-state index in [1.54, 1.807) is 0 Å². The Kier molecular flexibility index (Phi) is 5.13. The van der Waals surface area contributed by atoms with Crippen LogP contribution in [0.4, 0.5) is 0 Å². The highest BCUT2D eigenvalue weighted by molar-refractivity contribution is 5.72. The van der Waals surface area contributed by atoms with Gasteiger partial charge in [-0.2, -0.15) is 0 Å². The van der Waals surface area contributed by atoms with Gasteiger partial charge in [-0.05, 0) is 37.5 Å². The van der Waals surface area contributed by atoms with Gasteiger partial charge in [0.15, 0.2) is 0 Å². The lowest BCUT2D eigenvalue weighted by Crippen LogP contribution is -2.69. The minimum atomic E-state index is -0.623. The second-order valence-electron chi connectivity index (χ2n) is 10.8. The van der Waals surface area contributed by atoms with Crippen molar-refractivity contribution in [3.8, 4) is 0 Å². The fourth-order valence-electron chi connectivity index (χ4n) is 7.66. The largest absolute Gasteiger partial charge is 0.465 e. The van der Waals surface area contributed by atoms with Crippen molar-refractivity contribution in [1.82, 2.24) is 0 Å². The fraction of sp³-hybridized carbons (Fsp3) is 0.875. The first-order valence-electron chi connectivity index (χ1n) is 11.9. The lowest BCUT2D eigenvalue weighted by atomic mass is 9.42. The third-order valence-electron chi connectivity index (χ3n) is 9.38. The van der Waals surface area contributed by atoms with Gasteiger partial charge in [-0.1, -0.05) is 20.3 Å². The molecule has 9 atom stereocenters. The quantitative estimate of drug-likeness (QED) is 0.366. The molecular formula is C24H34O8. The number of rotatable bonds is 4. The SMILES string of the molecule is CC(=O)OC[C@@]12[C@@H](OC(C)=O)C[C@@H](C)[C@](C)(C3C[C@H]4CC(=O)O[C@H]4O3)[C@H]1CCC[C@]21CO1. The molecule has 178 valence electrons. The molecule has 3 aliphatic heterocycles. The highest BCUT2D eigenvalue weighted by Gasteiger charge is 2.76. The van der Waals surface area contributed by atoms with E-state index in [0.29, 0.717) is 19.4 Å². The first-order chi connectivity index (χ1) is 15.1. The minimum Gasteiger partial charge on any atom is -0.465 e. The molecule has 5 rings (SSSR count). The molecule has 0 bridgehead atoms. The molecule has 0 aromatic heterocycles. The van der Waals surface area contributed by atoms with Crippen molar-refractivity contribution in [2.75, 3.05) is 13.2 Å². The molecular weight excluding hydrogens is 416 g/mol. The average molecular weight is 451 g/mol. The summed E-state index contributed by atoms with van der Waals surface area (Å²) in [5.41, 5.74) is -1.34. The fourth-order valence-corrected chi connectivity index (χ4v) is 7.66. The molecule has 2 saturated carbocycles. The smallest absolute Gasteiger partial charge is 0.308 e. The molecule has 8 nitrogen and oxygen atoms in total. The lowest BCUT2D eigenvalue weighted by molar-refractivity contribution is -0.254. The van der Waals surface area contributed by atoms with Crippen LogP contribution in [0.25, 0.3) is 0 Å². The minimum absolute atomic E-state index is 0.0678. The van der Waals surface area contributed by atoms with Gasteiger partial charge in [0.1, 0.15) is 18.3 Å². The van der Waals surface area contributed by atoms with E-state index >= 15 is 0 Å². The topological polar surface area (TPSA) is 101 Å². The number of hydrogen-bond acceptors (Lipinski definition) is 8. The zero-order chi connectivity index (χ0) is 22.9. The van der Waals surface area contributed by atoms with E-state index in [9.17, 15) is 14.4 Å². The average Bonchev–Trinajstić information content (AvgIpc) is 3.24. The molecule has 0 aromatic carbocycles. The number of epoxide rings is 1. The van der Waals surface area contributed by atoms with Crippen LogP contribution < -0.4 is 0 Å². The third kappa shape index (κ3) is 3.05. The molecule has 0 N–H and O–H groups in total. The van der Waals surface area contributed by atoms with E-state index in [0.717, 1.165) is 25.7 Å². The summed E-state index contributed by atoms with van der Waals surface area (Å²) >= 11 is 0. The van der Waals surface area contributed by atoms with Gasteiger partial charge in [0.25, 0.3) is 0 Å². The number of esters is 3. The lowest BCUT2D eigenvalue weighted by Gasteiger charge is -2.64. The van der Waals surface area contributed by atoms with E-state index < -0.39 is 23.4 Å². The Morgan fingerprint density at radius 1 is 1.19 bits per heavy atom. The Hall–Kier alpha value is -1.67. The van der Waals surface area contributed by atoms with E-state index in [1.807, 2.05) is 0 Å². The van der Waals surface area contributed by atoms with Crippen molar-refractivity contribution >= 4 is 17.9 Å². The summed E-state index contributed by atoms with van der Waals surface area (Å²) in [6, 6.07) is 0. The van der Waals surface area contributed by atoms with Crippen LogP contribution in [-0.4, -0.2) is 55.2 Å². The van der Waals surface area contributed by atoms with Crippen LogP contribution in [0.15, 0.2) is 0 Å². The zero-order valence-electron chi connectivity index (χ0n) is 19.4. The molecule has 32 heavy (non-hydrogen) atoms. The third-order valence-corrected chi connectivity index (χ3v) is 9.38. The second kappa shape index (κ2) is 7.42. The summed E-state index contributed by atoms with van der Waals surface area (Å²) in [5.74, 6) is -0.525. The van der Waals surface area contributed by atoms with Gasteiger partial charge in [0.05, 0.1) is 24.5 Å². The van der Waals surface area contributed by atoms with Gasteiger partial charge < -0.3 is 23.7 Å². The first kappa shape index (κ1) is 22.1. The maximum absolute atomic E-state index is 12.1. The summed E-state index contributed by atoms with van der Waals surface area (Å²) < 4.78 is 29.6. The second-order valence-corrected chi connectivity index (χ2v) is 10.8. The monoisotopic (exact) mass is 450 g/mol. The maximum Gasteiger partial charge on any atom is 0.308 e. The Balaban J connectivity index is 1.56. The highest BCUT2D eigenvalue weighted by Crippen LogP contribution is 2.70. The van der Waals surface area contributed by atoms with Gasteiger partial charge in [-0.3, -0.25) is 14.4 Å². The molecule has 3 saturated heterocycles. The van der Waals surface area contributed by atoms with Crippen LogP contribution >= 0.6 is 0 Å². The molecule has 0 aromatic rings. The number of hydrogen-bond donors (Lipinski definition) is 0. The molecule has 0 radical (unpaired) electrons. The van der Waals surface area contributed by atoms with E-state index in [4.69, 9.17) is 23.7 Å². The van der Waals surface area contributed by atoms with Crippen molar-refractivity contribution < 1.29 is 38.1 Å². The Morgan fingerprint density at radius 2 is 1.94 bits per heavy atom. The molecule has 2 aliphatic carbocycles.